The van der Waals surface area contributed by atoms with Crippen molar-refractivity contribution in [2.45, 2.75) is 32.7 Å². The molecule has 8 heteroatoms. The molecule has 0 bridgehead atoms. The maximum atomic E-state index is 12.5. The highest BCUT2D eigenvalue weighted by molar-refractivity contribution is 5.78. The Morgan fingerprint density at radius 1 is 1.31 bits per heavy atom. The average Bonchev–Trinajstić information content (AvgIpc) is 3.11. The first-order valence-electron chi connectivity index (χ1n) is 8.46. The first kappa shape index (κ1) is 17.8. The predicted molar refractivity (Wildman–Crippen MR) is 95.7 cm³/mol. The number of amides is 1. The van der Waals surface area contributed by atoms with Crippen molar-refractivity contribution >= 4 is 16.8 Å². The maximum absolute atomic E-state index is 12.5. The van der Waals surface area contributed by atoms with Gasteiger partial charge in [0.25, 0.3) is 5.56 Å². The van der Waals surface area contributed by atoms with E-state index >= 15 is 0 Å². The maximum Gasteiger partial charge on any atom is 0.261 e. The quantitative estimate of drug-likeness (QED) is 0.667. The van der Waals surface area contributed by atoms with Crippen molar-refractivity contribution in [2.75, 3.05) is 13.6 Å². The van der Waals surface area contributed by atoms with Crippen LogP contribution in [0.4, 0.5) is 0 Å². The third-order valence-corrected chi connectivity index (χ3v) is 4.11. The van der Waals surface area contributed by atoms with Crippen molar-refractivity contribution in [3.63, 3.8) is 0 Å². The van der Waals surface area contributed by atoms with Gasteiger partial charge in [0, 0.05) is 25.9 Å². The Kier molecular flexibility index (Phi) is 5.11. The number of fused-ring (bicyclic) bond motifs is 1. The summed E-state index contributed by atoms with van der Waals surface area (Å²) in [6.45, 7) is 4.33. The van der Waals surface area contributed by atoms with Gasteiger partial charge in [-0.05, 0) is 12.1 Å². The van der Waals surface area contributed by atoms with Crippen molar-refractivity contribution in [1.29, 1.82) is 0 Å². The van der Waals surface area contributed by atoms with E-state index < -0.39 is 0 Å². The monoisotopic (exact) mass is 355 g/mol. The minimum atomic E-state index is -0.225. The Bertz CT molecular complexity index is 976. The molecule has 0 radical (unpaired) electrons. The molecule has 3 rings (SSSR count). The second kappa shape index (κ2) is 7.47. The standard InChI is InChI=1S/C18H21N5O3/c1-12(2)17-20-15(21-26-17)8-9-22(3)16(24)10-23-11-19-14-7-5-4-6-13(14)18(23)25/h4-7,11-12H,8-10H2,1-3H3. The minimum Gasteiger partial charge on any atom is -0.344 e. The first-order chi connectivity index (χ1) is 12.5. The number of likely N-dealkylation sites (N-methyl/N-ethyl adjacent to an activating group) is 1. The summed E-state index contributed by atoms with van der Waals surface area (Å²) in [5, 5.41) is 4.41. The van der Waals surface area contributed by atoms with Gasteiger partial charge in [0.15, 0.2) is 5.82 Å². The van der Waals surface area contributed by atoms with Crippen LogP contribution in [0.3, 0.4) is 0 Å². The van der Waals surface area contributed by atoms with Crippen molar-refractivity contribution in [3.05, 3.63) is 52.7 Å². The molecule has 0 unspecified atom stereocenters. The number of carbonyl (C=O) groups is 1. The summed E-state index contributed by atoms with van der Waals surface area (Å²) in [4.78, 5) is 34.9. The largest absolute Gasteiger partial charge is 0.344 e. The summed E-state index contributed by atoms with van der Waals surface area (Å²) in [5.74, 6) is 1.14. The van der Waals surface area contributed by atoms with E-state index in [4.69, 9.17) is 4.52 Å². The number of nitrogens with zero attached hydrogens (tertiary/aromatic N) is 5. The smallest absolute Gasteiger partial charge is 0.261 e. The lowest BCUT2D eigenvalue weighted by Gasteiger charge is -2.16. The van der Waals surface area contributed by atoms with Crippen LogP contribution in [0.1, 0.15) is 31.5 Å². The third-order valence-electron chi connectivity index (χ3n) is 4.11. The van der Waals surface area contributed by atoms with Crippen molar-refractivity contribution in [1.82, 2.24) is 24.6 Å². The van der Waals surface area contributed by atoms with Crippen LogP contribution in [0.15, 0.2) is 39.9 Å². The summed E-state index contributed by atoms with van der Waals surface area (Å²) >= 11 is 0. The lowest BCUT2D eigenvalue weighted by Crippen LogP contribution is -2.35. The van der Waals surface area contributed by atoms with Gasteiger partial charge in [-0.1, -0.05) is 31.1 Å². The van der Waals surface area contributed by atoms with Gasteiger partial charge in [-0.25, -0.2) is 4.98 Å². The van der Waals surface area contributed by atoms with Crippen LogP contribution >= 0.6 is 0 Å². The number of rotatable bonds is 6. The number of benzene rings is 1. The normalized spacial score (nSPS) is 11.2. The molecule has 2 heterocycles. The van der Waals surface area contributed by atoms with Crippen LogP contribution in [0.5, 0.6) is 0 Å². The molecule has 0 atom stereocenters. The highest BCUT2D eigenvalue weighted by Gasteiger charge is 2.14. The Hall–Kier alpha value is -3.03. The molecule has 0 N–H and O–H groups in total. The Morgan fingerprint density at radius 3 is 2.81 bits per heavy atom. The molecule has 1 aromatic carbocycles. The summed E-state index contributed by atoms with van der Waals surface area (Å²) in [6, 6.07) is 7.07. The van der Waals surface area contributed by atoms with Gasteiger partial charge in [0.1, 0.15) is 6.54 Å². The van der Waals surface area contributed by atoms with Gasteiger partial charge < -0.3 is 9.42 Å². The molecule has 8 nitrogen and oxygen atoms in total. The molecule has 0 spiro atoms. The average molecular weight is 355 g/mol. The molecule has 0 aliphatic heterocycles. The fraction of sp³-hybridized carbons (Fsp3) is 0.389. The predicted octanol–water partition coefficient (Wildman–Crippen LogP) is 1.60. The molecule has 0 saturated carbocycles. The second-order valence-corrected chi connectivity index (χ2v) is 6.46. The Labute approximate surface area is 150 Å². The molecule has 0 fully saturated rings. The van der Waals surface area contributed by atoms with E-state index in [2.05, 4.69) is 15.1 Å². The summed E-state index contributed by atoms with van der Waals surface area (Å²) < 4.78 is 6.48. The SMILES string of the molecule is CC(C)c1nc(CCN(C)C(=O)Cn2cnc3ccccc3c2=O)no1. The molecule has 0 saturated heterocycles. The van der Waals surface area contributed by atoms with Gasteiger partial charge in [-0.2, -0.15) is 4.98 Å². The van der Waals surface area contributed by atoms with E-state index in [1.54, 1.807) is 30.1 Å². The van der Waals surface area contributed by atoms with E-state index in [0.717, 1.165) is 0 Å². The number of hydrogen-bond donors (Lipinski definition) is 0. The molecular weight excluding hydrogens is 334 g/mol. The molecule has 0 aliphatic rings. The van der Waals surface area contributed by atoms with Gasteiger partial charge in [0.05, 0.1) is 17.2 Å². The van der Waals surface area contributed by atoms with Crippen molar-refractivity contribution in [3.8, 4) is 0 Å². The molecule has 2 aromatic heterocycles. The fourth-order valence-corrected chi connectivity index (χ4v) is 2.48. The zero-order valence-corrected chi connectivity index (χ0v) is 15.0. The zero-order valence-electron chi connectivity index (χ0n) is 15.0. The molecule has 1 amide bonds. The van der Waals surface area contributed by atoms with Crippen LogP contribution in [0.2, 0.25) is 0 Å². The molecule has 136 valence electrons. The van der Waals surface area contributed by atoms with Crippen molar-refractivity contribution < 1.29 is 9.32 Å². The van der Waals surface area contributed by atoms with Crippen LogP contribution in [0.25, 0.3) is 10.9 Å². The Balaban J connectivity index is 1.64. The van der Waals surface area contributed by atoms with E-state index in [1.165, 1.54) is 10.9 Å². The summed E-state index contributed by atoms with van der Waals surface area (Å²) in [7, 11) is 1.69. The van der Waals surface area contributed by atoms with E-state index in [9.17, 15) is 9.59 Å². The van der Waals surface area contributed by atoms with Crippen LogP contribution in [0, 0.1) is 0 Å². The van der Waals surface area contributed by atoms with Gasteiger partial charge in [0.2, 0.25) is 11.8 Å². The summed E-state index contributed by atoms with van der Waals surface area (Å²) in [6.07, 6.45) is 1.90. The lowest BCUT2D eigenvalue weighted by atomic mass is 10.2. The lowest BCUT2D eigenvalue weighted by molar-refractivity contribution is -0.130. The number of hydrogen-bond acceptors (Lipinski definition) is 6. The van der Waals surface area contributed by atoms with Gasteiger partial charge in [-0.15, -0.1) is 0 Å². The first-order valence-corrected chi connectivity index (χ1v) is 8.46. The van der Waals surface area contributed by atoms with Gasteiger partial charge in [-0.3, -0.25) is 14.2 Å². The van der Waals surface area contributed by atoms with E-state index in [1.807, 2.05) is 19.9 Å². The van der Waals surface area contributed by atoms with Crippen molar-refractivity contribution in [2.24, 2.45) is 0 Å². The topological polar surface area (TPSA) is 94.1 Å². The van der Waals surface area contributed by atoms with Crippen LogP contribution in [-0.2, 0) is 17.8 Å². The second-order valence-electron chi connectivity index (χ2n) is 6.46. The highest BCUT2D eigenvalue weighted by atomic mass is 16.5. The summed E-state index contributed by atoms with van der Waals surface area (Å²) in [5.41, 5.74) is 0.393. The Morgan fingerprint density at radius 2 is 2.08 bits per heavy atom. The highest BCUT2D eigenvalue weighted by Crippen LogP contribution is 2.11. The van der Waals surface area contributed by atoms with E-state index in [0.29, 0.717) is 35.6 Å². The fourth-order valence-electron chi connectivity index (χ4n) is 2.48. The molecule has 26 heavy (non-hydrogen) atoms. The third kappa shape index (κ3) is 3.79. The zero-order chi connectivity index (χ0) is 18.7. The van der Waals surface area contributed by atoms with E-state index in [-0.39, 0.29) is 23.9 Å². The number of aromatic nitrogens is 4. The minimum absolute atomic E-state index is 0.0589. The molecular formula is C18H21N5O3. The number of para-hydroxylation sites is 1. The number of carbonyl (C=O) groups excluding carboxylic acids is 1. The van der Waals surface area contributed by atoms with Gasteiger partial charge >= 0.3 is 0 Å². The molecule has 0 aliphatic carbocycles. The molecule has 3 aromatic rings. The van der Waals surface area contributed by atoms with Crippen LogP contribution < -0.4 is 5.56 Å². The van der Waals surface area contributed by atoms with Crippen LogP contribution in [-0.4, -0.2) is 44.1 Å².